The van der Waals surface area contributed by atoms with Crippen LogP contribution in [0.1, 0.15) is 36.0 Å². The lowest BCUT2D eigenvalue weighted by Crippen LogP contribution is -2.28. The molecule has 1 amide bonds. The van der Waals surface area contributed by atoms with Gasteiger partial charge in [0.2, 0.25) is 5.82 Å². The summed E-state index contributed by atoms with van der Waals surface area (Å²) in [5.74, 6) is 0.193. The highest BCUT2D eigenvalue weighted by Gasteiger charge is 2.17. The topological polar surface area (TPSA) is 92.8 Å². The Morgan fingerprint density at radius 1 is 1.35 bits per heavy atom. The van der Waals surface area contributed by atoms with Crippen LogP contribution >= 0.6 is 0 Å². The number of tetrazole rings is 1. The normalized spacial score (nSPS) is 15.4. The third-order valence-electron chi connectivity index (χ3n) is 3.35. The van der Waals surface area contributed by atoms with Gasteiger partial charge in [-0.3, -0.25) is 9.63 Å². The predicted octanol–water partition coefficient (Wildman–Crippen LogP) is 1.47. The van der Waals surface area contributed by atoms with Crippen molar-refractivity contribution in [2.75, 3.05) is 0 Å². The number of hydroxylamine groups is 1. The Kier molecular flexibility index (Phi) is 3.69. The lowest BCUT2D eigenvalue weighted by atomic mass is 10.1. The highest BCUT2D eigenvalue weighted by atomic mass is 16.7. The van der Waals surface area contributed by atoms with Gasteiger partial charge in [-0.2, -0.15) is 5.21 Å². The van der Waals surface area contributed by atoms with Crippen molar-refractivity contribution in [2.45, 2.75) is 31.8 Å². The fourth-order valence-corrected chi connectivity index (χ4v) is 2.29. The van der Waals surface area contributed by atoms with Crippen LogP contribution < -0.4 is 5.48 Å². The molecule has 3 rings (SSSR count). The van der Waals surface area contributed by atoms with Crippen LogP contribution in [-0.4, -0.2) is 32.6 Å². The van der Waals surface area contributed by atoms with Crippen LogP contribution in [0.3, 0.4) is 0 Å². The number of hydrogen-bond donors (Lipinski definition) is 2. The minimum atomic E-state index is -0.262. The second kappa shape index (κ2) is 5.79. The number of nitrogens with zero attached hydrogens (tertiary/aromatic N) is 3. The number of rotatable bonds is 4. The lowest BCUT2D eigenvalue weighted by molar-refractivity contribution is -0.0124. The van der Waals surface area contributed by atoms with Crippen LogP contribution in [0.2, 0.25) is 0 Å². The second-order valence-electron chi connectivity index (χ2n) is 4.77. The fraction of sp³-hybridized carbons (Fsp3) is 0.385. The number of nitrogens with one attached hydrogen (secondary N) is 2. The van der Waals surface area contributed by atoms with Crippen molar-refractivity contribution in [3.8, 4) is 11.4 Å². The molecule has 0 bridgehead atoms. The molecule has 0 saturated heterocycles. The Balaban J connectivity index is 1.66. The molecule has 0 unspecified atom stereocenters. The zero-order chi connectivity index (χ0) is 13.8. The fourth-order valence-electron chi connectivity index (χ4n) is 2.29. The average molecular weight is 273 g/mol. The maximum absolute atomic E-state index is 12.0. The minimum Gasteiger partial charge on any atom is -0.270 e. The van der Waals surface area contributed by atoms with Gasteiger partial charge < -0.3 is 0 Å². The molecule has 0 radical (unpaired) electrons. The summed E-state index contributed by atoms with van der Waals surface area (Å²) in [6, 6.07) is 7.02. The molecule has 1 saturated carbocycles. The SMILES string of the molecule is O=C(NOC1CCCC1)c1cccc(-c2nn[nH]n2)c1. The molecule has 1 fully saturated rings. The molecular weight excluding hydrogens is 258 g/mol. The summed E-state index contributed by atoms with van der Waals surface area (Å²) in [6.07, 6.45) is 4.47. The molecule has 1 aliphatic rings. The van der Waals surface area contributed by atoms with Crippen LogP contribution in [0, 0.1) is 0 Å². The molecule has 20 heavy (non-hydrogen) atoms. The summed E-state index contributed by atoms with van der Waals surface area (Å²) in [6.45, 7) is 0. The number of aromatic amines is 1. The summed E-state index contributed by atoms with van der Waals surface area (Å²) < 4.78 is 0. The standard InChI is InChI=1S/C13H15N5O2/c19-13(16-20-11-6-1-2-7-11)10-5-3-4-9(8-10)12-14-17-18-15-12/h3-5,8,11H,1-2,6-7H2,(H,16,19)(H,14,15,17,18). The predicted molar refractivity (Wildman–Crippen MR) is 70.4 cm³/mol. The van der Waals surface area contributed by atoms with Gasteiger partial charge in [0, 0.05) is 11.1 Å². The molecule has 104 valence electrons. The van der Waals surface area contributed by atoms with Gasteiger partial charge in [0.15, 0.2) is 0 Å². The third-order valence-corrected chi connectivity index (χ3v) is 3.35. The van der Waals surface area contributed by atoms with E-state index in [4.69, 9.17) is 4.84 Å². The van der Waals surface area contributed by atoms with E-state index in [1.165, 1.54) is 0 Å². The molecule has 1 aromatic carbocycles. The number of hydrogen-bond acceptors (Lipinski definition) is 5. The average Bonchev–Trinajstić information content (AvgIpc) is 3.18. The molecule has 1 heterocycles. The van der Waals surface area contributed by atoms with Gasteiger partial charge in [0.25, 0.3) is 5.91 Å². The van der Waals surface area contributed by atoms with Gasteiger partial charge in [-0.05, 0) is 30.2 Å². The van der Waals surface area contributed by atoms with E-state index in [1.54, 1.807) is 18.2 Å². The molecule has 2 N–H and O–H groups in total. The van der Waals surface area contributed by atoms with Crippen LogP contribution in [0.15, 0.2) is 24.3 Å². The summed E-state index contributed by atoms with van der Waals surface area (Å²) >= 11 is 0. The van der Waals surface area contributed by atoms with Crippen molar-refractivity contribution in [1.82, 2.24) is 26.1 Å². The van der Waals surface area contributed by atoms with E-state index in [-0.39, 0.29) is 12.0 Å². The Morgan fingerprint density at radius 2 is 2.20 bits per heavy atom. The lowest BCUT2D eigenvalue weighted by Gasteiger charge is -2.11. The summed E-state index contributed by atoms with van der Waals surface area (Å²) in [7, 11) is 0. The molecule has 7 heteroatoms. The maximum Gasteiger partial charge on any atom is 0.274 e. The smallest absolute Gasteiger partial charge is 0.270 e. The molecule has 0 aliphatic heterocycles. The van der Waals surface area contributed by atoms with Crippen molar-refractivity contribution in [1.29, 1.82) is 0 Å². The number of amides is 1. The van der Waals surface area contributed by atoms with Crippen LogP contribution in [0.25, 0.3) is 11.4 Å². The van der Waals surface area contributed by atoms with E-state index in [0.29, 0.717) is 11.4 Å². The molecule has 1 aromatic heterocycles. The Hall–Kier alpha value is -2.28. The van der Waals surface area contributed by atoms with E-state index >= 15 is 0 Å². The molecule has 1 aliphatic carbocycles. The minimum absolute atomic E-state index is 0.138. The number of benzene rings is 1. The number of aromatic nitrogens is 4. The van der Waals surface area contributed by atoms with Crippen molar-refractivity contribution >= 4 is 5.91 Å². The highest BCUT2D eigenvalue weighted by Crippen LogP contribution is 2.20. The van der Waals surface area contributed by atoms with Crippen molar-refractivity contribution in [3.63, 3.8) is 0 Å². The van der Waals surface area contributed by atoms with E-state index in [1.807, 2.05) is 6.07 Å². The molecule has 0 atom stereocenters. The van der Waals surface area contributed by atoms with Crippen molar-refractivity contribution < 1.29 is 9.63 Å². The van der Waals surface area contributed by atoms with Gasteiger partial charge in [-0.15, -0.1) is 10.2 Å². The first-order valence-corrected chi connectivity index (χ1v) is 6.63. The molecule has 2 aromatic rings. The quantitative estimate of drug-likeness (QED) is 0.823. The second-order valence-corrected chi connectivity index (χ2v) is 4.77. The Bertz CT molecular complexity index is 578. The Labute approximate surface area is 115 Å². The molecule has 7 nitrogen and oxygen atoms in total. The maximum atomic E-state index is 12.0. The van der Waals surface area contributed by atoms with E-state index in [0.717, 1.165) is 31.2 Å². The zero-order valence-electron chi connectivity index (χ0n) is 10.9. The Morgan fingerprint density at radius 3 is 2.95 bits per heavy atom. The van der Waals surface area contributed by atoms with Crippen LogP contribution in [0.4, 0.5) is 0 Å². The highest BCUT2D eigenvalue weighted by molar-refractivity contribution is 5.94. The van der Waals surface area contributed by atoms with E-state index in [9.17, 15) is 4.79 Å². The van der Waals surface area contributed by atoms with Gasteiger partial charge in [0.05, 0.1) is 6.10 Å². The largest absolute Gasteiger partial charge is 0.274 e. The van der Waals surface area contributed by atoms with Gasteiger partial charge in [-0.25, -0.2) is 5.48 Å². The van der Waals surface area contributed by atoms with Crippen LogP contribution in [0.5, 0.6) is 0 Å². The van der Waals surface area contributed by atoms with Gasteiger partial charge >= 0.3 is 0 Å². The van der Waals surface area contributed by atoms with E-state index in [2.05, 4.69) is 26.1 Å². The first-order valence-electron chi connectivity index (χ1n) is 6.63. The van der Waals surface area contributed by atoms with E-state index < -0.39 is 0 Å². The third kappa shape index (κ3) is 2.83. The summed E-state index contributed by atoms with van der Waals surface area (Å²) in [5, 5.41) is 13.7. The van der Waals surface area contributed by atoms with Gasteiger partial charge in [0.1, 0.15) is 0 Å². The summed E-state index contributed by atoms with van der Waals surface area (Å²) in [5.41, 5.74) is 3.74. The van der Waals surface area contributed by atoms with Crippen LogP contribution in [-0.2, 0) is 4.84 Å². The monoisotopic (exact) mass is 273 g/mol. The molecule has 0 spiro atoms. The van der Waals surface area contributed by atoms with Crippen molar-refractivity contribution in [3.05, 3.63) is 29.8 Å². The summed E-state index contributed by atoms with van der Waals surface area (Å²) in [4.78, 5) is 17.4. The molecular formula is C13H15N5O2. The number of carbonyl (C=O) groups is 1. The number of H-pyrrole nitrogens is 1. The first kappa shape index (κ1) is 12.7. The first-order chi connectivity index (χ1) is 9.83. The zero-order valence-corrected chi connectivity index (χ0v) is 10.9. The number of carbonyl (C=O) groups excluding carboxylic acids is 1. The van der Waals surface area contributed by atoms with Gasteiger partial charge in [-0.1, -0.05) is 25.0 Å². The van der Waals surface area contributed by atoms with Crippen molar-refractivity contribution in [2.24, 2.45) is 0 Å².